The Hall–Kier alpha value is -3.46. The van der Waals surface area contributed by atoms with Crippen molar-refractivity contribution in [3.63, 3.8) is 0 Å². The number of benzene rings is 2. The Bertz CT molecular complexity index is 1080. The number of carbonyl (C=O) groups excluding carboxylic acids is 2. The van der Waals surface area contributed by atoms with Crippen molar-refractivity contribution >= 4 is 44.7 Å². The monoisotopic (exact) mass is 430 g/mol. The Morgan fingerprint density at radius 3 is 2.27 bits per heavy atom. The Morgan fingerprint density at radius 2 is 1.70 bits per heavy atom. The number of esters is 1. The third-order valence-corrected chi connectivity index (χ3v) is 5.49. The minimum Gasteiger partial charge on any atom is -0.493 e. The maximum absolute atomic E-state index is 13.1. The van der Waals surface area contributed by atoms with Gasteiger partial charge in [-0.15, -0.1) is 11.3 Å². The molecule has 0 aliphatic heterocycles. The molecule has 1 amide bonds. The summed E-state index contributed by atoms with van der Waals surface area (Å²) >= 11 is 1.23. The van der Waals surface area contributed by atoms with Gasteiger partial charge in [0, 0.05) is 21.3 Å². The first-order valence-corrected chi connectivity index (χ1v) is 9.85. The van der Waals surface area contributed by atoms with Crippen LogP contribution in [0.3, 0.4) is 0 Å². The fraction of sp³-hybridized carbons (Fsp3) is 0.238. The number of nitrogens with one attached hydrogen (secondary N) is 1. The second-order valence-corrected chi connectivity index (χ2v) is 7.20. The van der Waals surface area contributed by atoms with Crippen molar-refractivity contribution < 1.29 is 28.5 Å². The number of methoxy groups -OCH3 is 3. The molecule has 9 heteroatoms. The number of nitrogens with two attached hydrogens (primary N) is 1. The van der Waals surface area contributed by atoms with Crippen molar-refractivity contribution in [3.8, 4) is 17.2 Å². The molecule has 0 spiro atoms. The van der Waals surface area contributed by atoms with E-state index >= 15 is 0 Å². The van der Waals surface area contributed by atoms with E-state index in [-0.39, 0.29) is 12.2 Å². The van der Waals surface area contributed by atoms with Crippen molar-refractivity contribution in [3.05, 3.63) is 40.8 Å². The molecular weight excluding hydrogens is 408 g/mol. The van der Waals surface area contributed by atoms with Crippen LogP contribution >= 0.6 is 11.3 Å². The van der Waals surface area contributed by atoms with E-state index in [1.165, 1.54) is 44.8 Å². The van der Waals surface area contributed by atoms with Gasteiger partial charge in [-0.2, -0.15) is 0 Å². The van der Waals surface area contributed by atoms with Gasteiger partial charge in [-0.25, -0.2) is 4.79 Å². The first-order valence-electron chi connectivity index (χ1n) is 9.03. The van der Waals surface area contributed by atoms with E-state index in [1.807, 2.05) is 0 Å². The number of rotatable bonds is 7. The highest BCUT2D eigenvalue weighted by Gasteiger charge is 2.23. The van der Waals surface area contributed by atoms with E-state index in [0.717, 1.165) is 4.70 Å². The Balaban J connectivity index is 2.07. The number of ether oxygens (including phenoxy) is 4. The van der Waals surface area contributed by atoms with Crippen LogP contribution in [0.25, 0.3) is 10.1 Å². The molecule has 0 atom stereocenters. The molecule has 0 saturated heterocycles. The smallest absolute Gasteiger partial charge is 0.350 e. The maximum Gasteiger partial charge on any atom is 0.350 e. The average Bonchev–Trinajstić information content (AvgIpc) is 3.10. The molecule has 1 aromatic heterocycles. The number of hydrogen-bond donors (Lipinski definition) is 2. The average molecular weight is 430 g/mol. The van der Waals surface area contributed by atoms with E-state index in [4.69, 9.17) is 24.7 Å². The molecule has 0 unspecified atom stereocenters. The minimum absolute atomic E-state index is 0.218. The van der Waals surface area contributed by atoms with Gasteiger partial charge in [0.15, 0.2) is 11.5 Å². The number of fused-ring (bicyclic) bond motifs is 1. The van der Waals surface area contributed by atoms with E-state index < -0.39 is 11.9 Å². The zero-order chi connectivity index (χ0) is 21.8. The van der Waals surface area contributed by atoms with Gasteiger partial charge >= 0.3 is 5.97 Å². The van der Waals surface area contributed by atoms with Crippen LogP contribution < -0.4 is 25.3 Å². The zero-order valence-corrected chi connectivity index (χ0v) is 17.8. The first-order chi connectivity index (χ1) is 14.4. The fourth-order valence-electron chi connectivity index (χ4n) is 2.98. The third kappa shape index (κ3) is 3.97. The lowest BCUT2D eigenvalue weighted by Gasteiger charge is -2.14. The minimum atomic E-state index is -0.516. The molecular formula is C21H22N2O6S. The number of anilines is 2. The SMILES string of the molecule is CCOC(=O)c1sc2ccc(N)cc2c1NC(=O)c1cc(OC)c(OC)c(OC)c1. The lowest BCUT2D eigenvalue weighted by Crippen LogP contribution is -2.15. The van der Waals surface area contributed by atoms with Crippen LogP contribution in [0.15, 0.2) is 30.3 Å². The normalized spacial score (nSPS) is 10.5. The van der Waals surface area contributed by atoms with Gasteiger partial charge in [0.2, 0.25) is 5.75 Å². The van der Waals surface area contributed by atoms with Crippen LogP contribution in [0, 0.1) is 0 Å². The maximum atomic E-state index is 13.1. The number of hydrogen-bond acceptors (Lipinski definition) is 8. The van der Waals surface area contributed by atoms with Gasteiger partial charge in [-0.05, 0) is 37.3 Å². The summed E-state index contributed by atoms with van der Waals surface area (Å²) in [6.07, 6.45) is 0. The van der Waals surface area contributed by atoms with Gasteiger partial charge in [0.1, 0.15) is 4.88 Å². The zero-order valence-electron chi connectivity index (χ0n) is 17.0. The quantitative estimate of drug-likeness (QED) is 0.432. The molecule has 30 heavy (non-hydrogen) atoms. The van der Waals surface area contributed by atoms with Crippen LogP contribution in [-0.4, -0.2) is 39.8 Å². The molecule has 0 saturated carbocycles. The molecule has 1 heterocycles. The van der Waals surface area contributed by atoms with E-state index in [0.29, 0.717) is 38.9 Å². The van der Waals surface area contributed by atoms with E-state index in [2.05, 4.69) is 5.32 Å². The first kappa shape index (κ1) is 21.3. The molecule has 0 bridgehead atoms. The number of amides is 1. The lowest BCUT2D eigenvalue weighted by molar-refractivity contribution is 0.0533. The number of thiophene rings is 1. The van der Waals surface area contributed by atoms with Gasteiger partial charge in [-0.3, -0.25) is 4.79 Å². The Labute approximate surface area is 177 Å². The second kappa shape index (κ2) is 8.91. The topological polar surface area (TPSA) is 109 Å². The highest BCUT2D eigenvalue weighted by atomic mass is 32.1. The van der Waals surface area contributed by atoms with Crippen LogP contribution in [-0.2, 0) is 4.74 Å². The molecule has 0 aliphatic rings. The van der Waals surface area contributed by atoms with Gasteiger partial charge in [-0.1, -0.05) is 0 Å². The molecule has 3 rings (SSSR count). The highest BCUT2D eigenvalue weighted by molar-refractivity contribution is 7.21. The highest BCUT2D eigenvalue weighted by Crippen LogP contribution is 2.40. The van der Waals surface area contributed by atoms with Crippen molar-refractivity contribution in [1.29, 1.82) is 0 Å². The predicted octanol–water partition coefficient (Wildman–Crippen LogP) is 3.94. The largest absolute Gasteiger partial charge is 0.493 e. The Morgan fingerprint density at radius 1 is 1.03 bits per heavy atom. The summed E-state index contributed by atoms with van der Waals surface area (Å²) in [5.41, 5.74) is 7.04. The summed E-state index contributed by atoms with van der Waals surface area (Å²) in [5, 5.41) is 3.48. The fourth-order valence-corrected chi connectivity index (χ4v) is 4.01. The molecule has 0 aliphatic carbocycles. The second-order valence-electron chi connectivity index (χ2n) is 6.15. The van der Waals surface area contributed by atoms with E-state index in [9.17, 15) is 9.59 Å². The molecule has 8 nitrogen and oxygen atoms in total. The van der Waals surface area contributed by atoms with Crippen LogP contribution in [0.4, 0.5) is 11.4 Å². The standard InChI is InChI=1S/C21H22N2O6S/c1-5-29-21(25)19-17(13-10-12(22)6-7-16(13)30-19)23-20(24)11-8-14(26-2)18(28-4)15(9-11)27-3/h6-10H,5,22H2,1-4H3,(H,23,24). The van der Waals surface area contributed by atoms with Crippen LogP contribution in [0.2, 0.25) is 0 Å². The predicted molar refractivity (Wildman–Crippen MR) is 116 cm³/mol. The van der Waals surface area contributed by atoms with Crippen LogP contribution in [0.1, 0.15) is 27.0 Å². The summed E-state index contributed by atoms with van der Waals surface area (Å²) < 4.78 is 21.9. The van der Waals surface area contributed by atoms with Crippen molar-refractivity contribution in [2.75, 3.05) is 39.0 Å². The summed E-state index contributed by atoms with van der Waals surface area (Å²) in [6, 6.07) is 8.30. The number of carbonyl (C=O) groups is 2. The third-order valence-electron chi connectivity index (χ3n) is 4.34. The lowest BCUT2D eigenvalue weighted by atomic mass is 10.1. The van der Waals surface area contributed by atoms with Crippen molar-refractivity contribution in [2.45, 2.75) is 6.92 Å². The molecule has 158 valence electrons. The number of nitrogen functional groups attached to an aromatic ring is 1. The molecule has 2 aromatic carbocycles. The van der Waals surface area contributed by atoms with E-state index in [1.54, 1.807) is 25.1 Å². The molecule has 3 N–H and O–H groups in total. The Kier molecular flexibility index (Phi) is 6.31. The summed E-state index contributed by atoms with van der Waals surface area (Å²) in [7, 11) is 4.41. The van der Waals surface area contributed by atoms with Crippen molar-refractivity contribution in [2.24, 2.45) is 0 Å². The summed E-state index contributed by atoms with van der Waals surface area (Å²) in [5.74, 6) is 0.0796. The molecule has 0 fully saturated rings. The molecule has 3 aromatic rings. The van der Waals surface area contributed by atoms with Crippen molar-refractivity contribution in [1.82, 2.24) is 0 Å². The van der Waals surface area contributed by atoms with Gasteiger partial charge in [0.25, 0.3) is 5.91 Å². The van der Waals surface area contributed by atoms with Gasteiger partial charge in [0.05, 0.1) is 33.6 Å². The van der Waals surface area contributed by atoms with Crippen LogP contribution in [0.5, 0.6) is 17.2 Å². The summed E-state index contributed by atoms with van der Waals surface area (Å²) in [6.45, 7) is 1.94. The molecule has 0 radical (unpaired) electrons. The summed E-state index contributed by atoms with van der Waals surface area (Å²) in [4.78, 5) is 25.8. The van der Waals surface area contributed by atoms with Gasteiger partial charge < -0.3 is 30.0 Å².